The van der Waals surface area contributed by atoms with Gasteiger partial charge in [-0.05, 0) is 65.4 Å². The molecule has 1 unspecified atom stereocenters. The summed E-state index contributed by atoms with van der Waals surface area (Å²) in [6, 6.07) is 3.97. The number of fused-ring (bicyclic) bond motifs is 3. The van der Waals surface area contributed by atoms with Gasteiger partial charge in [0.05, 0.1) is 24.3 Å². The molecule has 0 saturated carbocycles. The van der Waals surface area contributed by atoms with Gasteiger partial charge in [-0.25, -0.2) is 0 Å². The molecule has 1 N–H and O–H groups in total. The second-order valence-electron chi connectivity index (χ2n) is 5.81. The Morgan fingerprint density at radius 1 is 1.36 bits per heavy atom. The number of halogens is 1. The number of rotatable bonds is 4. The Bertz CT molecular complexity index is 576. The van der Waals surface area contributed by atoms with E-state index in [1.54, 1.807) is 7.11 Å². The van der Waals surface area contributed by atoms with Gasteiger partial charge in [-0.3, -0.25) is 0 Å². The molecule has 4 rings (SSSR count). The molecule has 5 heteroatoms. The highest BCUT2D eigenvalue weighted by Gasteiger charge is 2.36. The fraction of sp³-hybridized carbons (Fsp3) is 0.529. The average molecular weight is 368 g/mol. The Labute approximate surface area is 139 Å². The largest absolute Gasteiger partial charge is 0.492 e. The summed E-state index contributed by atoms with van der Waals surface area (Å²) in [6.45, 7) is 4.63. The van der Waals surface area contributed by atoms with E-state index in [0.717, 1.165) is 47.4 Å². The van der Waals surface area contributed by atoms with Crippen molar-refractivity contribution in [1.82, 2.24) is 4.90 Å². The summed E-state index contributed by atoms with van der Waals surface area (Å²) in [7, 11) is 1.64. The molecule has 3 aliphatic heterocycles. The Morgan fingerprint density at radius 2 is 2.09 bits per heavy atom. The number of ether oxygens (including phenoxy) is 2. The van der Waals surface area contributed by atoms with E-state index >= 15 is 0 Å². The molecule has 22 heavy (non-hydrogen) atoms. The highest BCUT2D eigenvalue weighted by molar-refractivity contribution is 9.10. The highest BCUT2D eigenvalue weighted by Crippen LogP contribution is 2.39. The van der Waals surface area contributed by atoms with Crippen molar-refractivity contribution in [3.63, 3.8) is 0 Å². The van der Waals surface area contributed by atoms with Crippen LogP contribution in [-0.4, -0.2) is 42.9 Å². The van der Waals surface area contributed by atoms with Crippen LogP contribution < -0.4 is 9.47 Å². The lowest BCUT2D eigenvalue weighted by atomic mass is 9.83. The summed E-state index contributed by atoms with van der Waals surface area (Å²) < 4.78 is 11.9. The van der Waals surface area contributed by atoms with Crippen LogP contribution in [0, 0.1) is 5.92 Å². The van der Waals surface area contributed by atoms with E-state index in [4.69, 9.17) is 9.47 Å². The molecule has 0 aliphatic carbocycles. The molecule has 2 bridgehead atoms. The molecular weight excluding hydrogens is 346 g/mol. The van der Waals surface area contributed by atoms with Crippen molar-refractivity contribution < 1.29 is 14.6 Å². The van der Waals surface area contributed by atoms with E-state index in [9.17, 15) is 5.11 Å². The zero-order valence-electron chi connectivity index (χ0n) is 13.0. The van der Waals surface area contributed by atoms with Crippen molar-refractivity contribution >= 4 is 22.0 Å². The summed E-state index contributed by atoms with van der Waals surface area (Å²) in [5, 5.41) is 10.5. The molecule has 1 atom stereocenters. The monoisotopic (exact) mass is 367 g/mol. The number of methoxy groups -OCH3 is 1. The quantitative estimate of drug-likeness (QED) is 0.886. The molecule has 3 saturated heterocycles. The maximum Gasteiger partial charge on any atom is 0.174 e. The number of hydrogen-bond donors (Lipinski definition) is 1. The van der Waals surface area contributed by atoms with Crippen LogP contribution in [0.4, 0.5) is 0 Å². The molecule has 120 valence electrons. The summed E-state index contributed by atoms with van der Waals surface area (Å²) in [4.78, 5) is 2.29. The molecule has 0 aromatic heterocycles. The summed E-state index contributed by atoms with van der Waals surface area (Å²) >= 11 is 3.54. The molecule has 3 heterocycles. The first-order chi connectivity index (χ1) is 10.6. The van der Waals surface area contributed by atoms with Crippen molar-refractivity contribution in [2.24, 2.45) is 5.92 Å². The van der Waals surface area contributed by atoms with Gasteiger partial charge in [0.15, 0.2) is 11.5 Å². The van der Waals surface area contributed by atoms with Gasteiger partial charge in [-0.2, -0.15) is 0 Å². The van der Waals surface area contributed by atoms with Crippen molar-refractivity contribution in [2.45, 2.75) is 25.9 Å². The number of aliphatic hydroxyl groups is 1. The van der Waals surface area contributed by atoms with Crippen LogP contribution >= 0.6 is 15.9 Å². The van der Waals surface area contributed by atoms with E-state index in [1.165, 1.54) is 0 Å². The van der Waals surface area contributed by atoms with Gasteiger partial charge in [0.2, 0.25) is 0 Å². The van der Waals surface area contributed by atoms with Crippen LogP contribution in [0.5, 0.6) is 11.5 Å². The van der Waals surface area contributed by atoms with Gasteiger partial charge < -0.3 is 19.5 Å². The first kappa shape index (κ1) is 15.7. The van der Waals surface area contributed by atoms with Gasteiger partial charge in [0.1, 0.15) is 0 Å². The molecule has 0 radical (unpaired) electrons. The minimum Gasteiger partial charge on any atom is -0.492 e. The van der Waals surface area contributed by atoms with Crippen molar-refractivity contribution in [2.75, 3.05) is 26.8 Å². The molecule has 1 aromatic carbocycles. The third kappa shape index (κ3) is 2.84. The molecule has 1 aromatic rings. The standard InChI is InChI=1S/C17H22BrNO3/c1-3-22-15-10-11(8-13(18)17(15)21-2)9-14-16(20)12-4-6-19(14)7-5-12/h8-10,12,16,20H,3-7H2,1-2H3. The van der Waals surface area contributed by atoms with Crippen molar-refractivity contribution in [3.8, 4) is 11.5 Å². The summed E-state index contributed by atoms with van der Waals surface area (Å²) in [5.41, 5.74) is 2.04. The Kier molecular flexibility index (Phi) is 4.64. The minimum atomic E-state index is -0.348. The molecule has 4 nitrogen and oxygen atoms in total. The van der Waals surface area contributed by atoms with Crippen LogP contribution in [0.3, 0.4) is 0 Å². The molecule has 0 amide bonds. The maximum absolute atomic E-state index is 10.5. The van der Waals surface area contributed by atoms with Gasteiger partial charge in [-0.15, -0.1) is 0 Å². The smallest absolute Gasteiger partial charge is 0.174 e. The number of piperidine rings is 3. The van der Waals surface area contributed by atoms with E-state index in [-0.39, 0.29) is 6.10 Å². The van der Waals surface area contributed by atoms with E-state index < -0.39 is 0 Å². The Balaban J connectivity index is 1.96. The van der Waals surface area contributed by atoms with Gasteiger partial charge in [-0.1, -0.05) is 0 Å². The molecule has 3 aliphatic rings. The van der Waals surface area contributed by atoms with E-state index in [0.29, 0.717) is 18.3 Å². The zero-order valence-corrected chi connectivity index (χ0v) is 14.6. The lowest BCUT2D eigenvalue weighted by Crippen LogP contribution is -2.48. The van der Waals surface area contributed by atoms with Gasteiger partial charge >= 0.3 is 0 Å². The third-order valence-electron chi connectivity index (χ3n) is 4.50. The molecular formula is C17H22BrNO3. The van der Waals surface area contributed by atoms with E-state index in [1.807, 2.05) is 19.1 Å². The van der Waals surface area contributed by atoms with Crippen LogP contribution in [0.25, 0.3) is 6.08 Å². The number of aliphatic hydroxyl groups excluding tert-OH is 1. The fourth-order valence-electron chi connectivity index (χ4n) is 3.38. The predicted molar refractivity (Wildman–Crippen MR) is 90.1 cm³/mol. The number of benzene rings is 1. The molecule has 0 spiro atoms. The lowest BCUT2D eigenvalue weighted by Gasteiger charge is -2.46. The normalized spacial score (nSPS) is 25.6. The van der Waals surface area contributed by atoms with Gasteiger partial charge in [0.25, 0.3) is 0 Å². The topological polar surface area (TPSA) is 41.9 Å². The van der Waals surface area contributed by atoms with Crippen LogP contribution in [-0.2, 0) is 0 Å². The number of hydrogen-bond acceptors (Lipinski definition) is 4. The Hall–Kier alpha value is -1.20. The minimum absolute atomic E-state index is 0.348. The van der Waals surface area contributed by atoms with Crippen molar-refractivity contribution in [3.05, 3.63) is 27.9 Å². The van der Waals surface area contributed by atoms with Crippen LogP contribution in [0.1, 0.15) is 25.3 Å². The second-order valence-corrected chi connectivity index (χ2v) is 6.66. The zero-order chi connectivity index (χ0) is 15.7. The molecule has 3 fully saturated rings. The average Bonchev–Trinajstić information content (AvgIpc) is 2.51. The summed E-state index contributed by atoms with van der Waals surface area (Å²) in [6.07, 6.45) is 3.91. The fourth-order valence-corrected chi connectivity index (χ4v) is 4.00. The first-order valence-electron chi connectivity index (χ1n) is 7.79. The van der Waals surface area contributed by atoms with Crippen LogP contribution in [0.15, 0.2) is 22.3 Å². The number of nitrogens with zero attached hydrogens (tertiary/aromatic N) is 1. The maximum atomic E-state index is 10.5. The second kappa shape index (κ2) is 6.50. The SMILES string of the molecule is CCOc1cc(C=C2C(O)C3CCN2CC3)cc(Br)c1OC. The summed E-state index contributed by atoms with van der Waals surface area (Å²) in [5.74, 6) is 1.83. The first-order valence-corrected chi connectivity index (χ1v) is 8.58. The van der Waals surface area contributed by atoms with Crippen molar-refractivity contribution in [1.29, 1.82) is 0 Å². The third-order valence-corrected chi connectivity index (χ3v) is 5.09. The van der Waals surface area contributed by atoms with Gasteiger partial charge in [0, 0.05) is 18.8 Å². The van der Waals surface area contributed by atoms with Crippen LogP contribution in [0.2, 0.25) is 0 Å². The highest BCUT2D eigenvalue weighted by atomic mass is 79.9. The lowest BCUT2D eigenvalue weighted by molar-refractivity contribution is 0.0215. The van der Waals surface area contributed by atoms with E-state index in [2.05, 4.69) is 26.9 Å². The predicted octanol–water partition coefficient (Wildman–Crippen LogP) is 3.28. The Morgan fingerprint density at radius 3 is 2.68 bits per heavy atom.